The molecule has 1 aromatic heterocycles. The zero-order chi connectivity index (χ0) is 12.8. The summed E-state index contributed by atoms with van der Waals surface area (Å²) >= 11 is 11.7. The van der Waals surface area contributed by atoms with E-state index in [1.165, 1.54) is 12.5 Å². The normalized spacial score (nSPS) is 10.5. The molecule has 0 saturated heterocycles. The van der Waals surface area contributed by atoms with Gasteiger partial charge in [0, 0.05) is 5.38 Å². The number of hydrogen-bond acceptors (Lipinski definition) is 6. The number of hydrogen-bond donors (Lipinski definition) is 1. The Kier molecular flexibility index (Phi) is 7.85. The molecule has 18 heavy (non-hydrogen) atoms. The summed E-state index contributed by atoms with van der Waals surface area (Å²) < 4.78 is 0. The van der Waals surface area contributed by atoms with E-state index in [2.05, 4.69) is 20.3 Å². The molecule has 0 fully saturated rings. The second-order valence-corrected chi connectivity index (χ2v) is 4.08. The lowest BCUT2D eigenvalue weighted by Crippen LogP contribution is -2.14. The van der Waals surface area contributed by atoms with Gasteiger partial charge >= 0.3 is 0 Å². The second-order valence-electron chi connectivity index (χ2n) is 2.62. The fraction of sp³-hybridized carbons (Fsp3) is 0.250. The molecule has 0 aliphatic carbocycles. The molecule has 1 N–H and O–H groups in total. The number of anilines is 1. The lowest BCUT2D eigenvalue weighted by Gasteiger charge is -1.96. The summed E-state index contributed by atoms with van der Waals surface area (Å²) in [4.78, 5) is 30.4. The van der Waals surface area contributed by atoms with E-state index in [1.54, 1.807) is 0 Å². The van der Waals surface area contributed by atoms with Crippen LogP contribution in [0.5, 0.6) is 0 Å². The molecule has 100 valence electrons. The Labute approximate surface area is 123 Å². The van der Waals surface area contributed by atoms with E-state index in [9.17, 15) is 9.59 Å². The highest BCUT2D eigenvalue weighted by Gasteiger charge is 2.17. The molecule has 0 radical (unpaired) electrons. The summed E-state index contributed by atoms with van der Waals surface area (Å²) in [6, 6.07) is 0. The van der Waals surface area contributed by atoms with Gasteiger partial charge < -0.3 is 10.2 Å². The number of aromatic nitrogens is 1. The van der Waals surface area contributed by atoms with Gasteiger partial charge in [0.1, 0.15) is 18.7 Å². The summed E-state index contributed by atoms with van der Waals surface area (Å²) in [6.07, 6.45) is 0. The third-order valence-corrected chi connectivity index (χ3v) is 2.66. The Morgan fingerprint density at radius 2 is 2.28 bits per heavy atom. The number of alkyl halides is 1. The number of rotatable bonds is 5. The predicted octanol–water partition coefficient (Wildman–Crippen LogP) is 1.86. The van der Waals surface area contributed by atoms with Crippen molar-refractivity contribution >= 4 is 68.9 Å². The number of thiazole rings is 1. The monoisotopic (exact) mass is 331 g/mol. The minimum atomic E-state index is -0.799. The van der Waals surface area contributed by atoms with Crippen molar-refractivity contribution in [3.8, 4) is 0 Å². The number of nitrogens with one attached hydrogen (secondary N) is 1. The zero-order valence-corrected chi connectivity index (χ0v) is 12.1. The molecular formula is C8H8Cl3N3O3S. The average Bonchev–Trinajstić information content (AvgIpc) is 2.73. The first-order chi connectivity index (χ1) is 8.08. The van der Waals surface area contributed by atoms with Crippen molar-refractivity contribution < 1.29 is 14.4 Å². The Hall–Kier alpha value is -0.890. The van der Waals surface area contributed by atoms with E-state index in [4.69, 9.17) is 23.2 Å². The van der Waals surface area contributed by atoms with Crippen molar-refractivity contribution in [2.75, 3.05) is 18.3 Å². The fourth-order valence-electron chi connectivity index (χ4n) is 0.867. The van der Waals surface area contributed by atoms with Crippen molar-refractivity contribution in [3.05, 3.63) is 11.1 Å². The predicted molar refractivity (Wildman–Crippen MR) is 73.1 cm³/mol. The lowest BCUT2D eigenvalue weighted by atomic mass is 10.3. The maximum Gasteiger partial charge on any atom is 0.276 e. The smallest absolute Gasteiger partial charge is 0.276 e. The first kappa shape index (κ1) is 17.1. The van der Waals surface area contributed by atoms with Crippen molar-refractivity contribution in [1.82, 2.24) is 4.98 Å². The van der Waals surface area contributed by atoms with Crippen molar-refractivity contribution in [3.63, 3.8) is 0 Å². The molecular weight excluding hydrogens is 325 g/mol. The van der Waals surface area contributed by atoms with Gasteiger partial charge in [-0.3, -0.25) is 9.59 Å². The van der Waals surface area contributed by atoms with Crippen LogP contribution in [-0.4, -0.2) is 34.8 Å². The van der Waals surface area contributed by atoms with E-state index in [0.29, 0.717) is 5.13 Å². The molecule has 1 amide bonds. The van der Waals surface area contributed by atoms with Crippen LogP contribution in [0.3, 0.4) is 0 Å². The molecule has 0 saturated carbocycles. The Morgan fingerprint density at radius 1 is 1.61 bits per heavy atom. The highest BCUT2D eigenvalue weighted by atomic mass is 35.5. The van der Waals surface area contributed by atoms with Crippen LogP contribution in [0.25, 0.3) is 0 Å². The van der Waals surface area contributed by atoms with E-state index >= 15 is 0 Å². The van der Waals surface area contributed by atoms with Gasteiger partial charge in [0.25, 0.3) is 5.24 Å². The third kappa shape index (κ3) is 4.77. The molecule has 0 aliphatic rings. The van der Waals surface area contributed by atoms with Gasteiger partial charge in [0.15, 0.2) is 10.8 Å². The quantitative estimate of drug-likeness (QED) is 0.386. The van der Waals surface area contributed by atoms with Crippen LogP contribution in [0.15, 0.2) is 10.5 Å². The maximum atomic E-state index is 11.0. The number of carbonyl (C=O) groups excluding carboxylic acids is 2. The highest BCUT2D eigenvalue weighted by Crippen LogP contribution is 2.17. The standard InChI is InChI=1S/C8H7Cl2N3O3S.ClH/c1-16-13-6(7(10)15)4-3-17-8(11-4)12-5(14)2-9;/h3H,2H2,1H3,(H,11,12,14);1H/b13-6+;. The number of oxime groups is 1. The summed E-state index contributed by atoms with van der Waals surface area (Å²) in [5, 5.41) is 6.90. The first-order valence-electron chi connectivity index (χ1n) is 4.21. The molecule has 6 nitrogen and oxygen atoms in total. The van der Waals surface area contributed by atoms with Gasteiger partial charge in [-0.1, -0.05) is 5.16 Å². The van der Waals surface area contributed by atoms with Crippen LogP contribution < -0.4 is 5.32 Å². The molecule has 10 heteroatoms. The average molecular weight is 333 g/mol. The lowest BCUT2D eigenvalue weighted by molar-refractivity contribution is -0.114. The number of carbonyl (C=O) groups is 2. The van der Waals surface area contributed by atoms with Gasteiger partial charge in [-0.25, -0.2) is 4.98 Å². The van der Waals surface area contributed by atoms with Crippen LogP contribution in [0.1, 0.15) is 5.69 Å². The molecule has 1 heterocycles. The molecule has 0 spiro atoms. The molecule has 0 atom stereocenters. The molecule has 0 aromatic carbocycles. The van der Waals surface area contributed by atoms with E-state index in [1.807, 2.05) is 0 Å². The van der Waals surface area contributed by atoms with Gasteiger partial charge in [-0.2, -0.15) is 0 Å². The number of halogens is 3. The molecule has 1 aromatic rings. The summed E-state index contributed by atoms with van der Waals surface area (Å²) in [5.74, 6) is -0.572. The molecule has 0 bridgehead atoms. The largest absolute Gasteiger partial charge is 0.398 e. The molecule has 1 rings (SSSR count). The van der Waals surface area contributed by atoms with Crippen LogP contribution in [0.4, 0.5) is 5.13 Å². The van der Waals surface area contributed by atoms with Gasteiger partial charge in [0.2, 0.25) is 5.91 Å². The third-order valence-electron chi connectivity index (χ3n) is 1.48. The van der Waals surface area contributed by atoms with Crippen LogP contribution in [0.2, 0.25) is 0 Å². The second kappa shape index (κ2) is 8.25. The number of nitrogens with zero attached hydrogens (tertiary/aromatic N) is 2. The van der Waals surface area contributed by atoms with Crippen molar-refractivity contribution in [2.24, 2.45) is 5.16 Å². The van der Waals surface area contributed by atoms with Gasteiger partial charge in [-0.05, 0) is 11.6 Å². The summed E-state index contributed by atoms with van der Waals surface area (Å²) in [5.41, 5.74) is 0.0958. The van der Waals surface area contributed by atoms with Gasteiger partial charge in [0.05, 0.1) is 0 Å². The van der Waals surface area contributed by atoms with Crippen molar-refractivity contribution in [1.29, 1.82) is 0 Å². The minimum Gasteiger partial charge on any atom is -0.398 e. The van der Waals surface area contributed by atoms with Gasteiger partial charge in [-0.15, -0.1) is 35.3 Å². The zero-order valence-electron chi connectivity index (χ0n) is 8.98. The Bertz CT molecular complexity index is 463. The van der Waals surface area contributed by atoms with E-state index in [-0.39, 0.29) is 29.7 Å². The van der Waals surface area contributed by atoms with Crippen LogP contribution >= 0.6 is 46.9 Å². The van der Waals surface area contributed by atoms with Crippen LogP contribution in [-0.2, 0) is 14.4 Å². The van der Waals surface area contributed by atoms with E-state index in [0.717, 1.165) is 11.3 Å². The topological polar surface area (TPSA) is 80.6 Å². The fourth-order valence-corrected chi connectivity index (χ4v) is 1.78. The molecule has 0 unspecified atom stereocenters. The Balaban J connectivity index is 0.00000289. The first-order valence-corrected chi connectivity index (χ1v) is 6.00. The van der Waals surface area contributed by atoms with E-state index < -0.39 is 11.1 Å². The van der Waals surface area contributed by atoms with Crippen LogP contribution in [0, 0.1) is 0 Å². The maximum absolute atomic E-state index is 11.0. The molecule has 0 aliphatic heterocycles. The number of amides is 1. The minimum absolute atomic E-state index is 0. The Morgan fingerprint density at radius 3 is 2.78 bits per heavy atom. The summed E-state index contributed by atoms with van der Waals surface area (Å²) in [6.45, 7) is 0. The summed E-state index contributed by atoms with van der Waals surface area (Å²) in [7, 11) is 1.28. The highest BCUT2D eigenvalue weighted by molar-refractivity contribution is 7.14. The SMILES string of the molecule is CO/N=C(/C(=O)Cl)c1csc(NC(=O)CCl)n1.Cl. The van der Waals surface area contributed by atoms with Crippen molar-refractivity contribution in [2.45, 2.75) is 0 Å².